The summed E-state index contributed by atoms with van der Waals surface area (Å²) in [6, 6.07) is 10.1. The smallest absolute Gasteiger partial charge is 0.156 e. The topological polar surface area (TPSA) is 40.2 Å². The van der Waals surface area contributed by atoms with Crippen molar-refractivity contribution in [3.05, 3.63) is 48.0 Å². The van der Waals surface area contributed by atoms with Crippen molar-refractivity contribution >= 4 is 10.9 Å². The van der Waals surface area contributed by atoms with Crippen LogP contribution in [-0.2, 0) is 6.54 Å². The predicted molar refractivity (Wildman–Crippen MR) is 68.8 cm³/mol. The van der Waals surface area contributed by atoms with Crippen molar-refractivity contribution in [1.82, 2.24) is 9.72 Å². The summed E-state index contributed by atoms with van der Waals surface area (Å²) in [4.78, 5) is 0. The Morgan fingerprint density at radius 2 is 2.17 bits per heavy atom. The Morgan fingerprint density at radius 1 is 1.28 bits per heavy atom. The zero-order chi connectivity index (χ0) is 12.5. The zero-order valence-electron chi connectivity index (χ0n) is 10.4. The number of hydrogen-bond donors (Lipinski definition) is 0. The second kappa shape index (κ2) is 4.22. The molecule has 0 saturated heterocycles. The molecular weight excluding hydrogens is 228 g/mol. The van der Waals surface area contributed by atoms with E-state index < -0.39 is 0 Å². The number of ether oxygens (including phenoxy) is 1. The summed E-state index contributed by atoms with van der Waals surface area (Å²) >= 11 is 0. The minimum absolute atomic E-state index is 0.691. The van der Waals surface area contributed by atoms with Gasteiger partial charge in [-0.15, -0.1) is 0 Å². The number of methoxy groups -OCH3 is 1. The largest absolute Gasteiger partial charge is 0.497 e. The first-order valence-corrected chi connectivity index (χ1v) is 5.81. The lowest BCUT2D eigenvalue weighted by Crippen LogP contribution is -1.96. The minimum Gasteiger partial charge on any atom is -0.497 e. The number of aryl methyl sites for hydroxylation is 1. The Balaban J connectivity index is 1.97. The number of aromatic nitrogens is 2. The van der Waals surface area contributed by atoms with Crippen molar-refractivity contribution in [2.45, 2.75) is 13.5 Å². The van der Waals surface area contributed by atoms with E-state index in [0.29, 0.717) is 6.54 Å². The number of benzene rings is 1. The number of hydrogen-bond acceptors (Lipinski definition) is 3. The Kier molecular flexibility index (Phi) is 2.55. The minimum atomic E-state index is 0.691. The lowest BCUT2D eigenvalue weighted by molar-refractivity contribution is 0.374. The Morgan fingerprint density at radius 3 is 2.89 bits per heavy atom. The van der Waals surface area contributed by atoms with Gasteiger partial charge in [-0.1, -0.05) is 5.16 Å². The molecule has 92 valence electrons. The first-order chi connectivity index (χ1) is 8.76. The fourth-order valence-electron chi connectivity index (χ4n) is 2.10. The van der Waals surface area contributed by atoms with E-state index in [2.05, 4.69) is 21.9 Å². The molecule has 0 unspecified atom stereocenters. The summed E-state index contributed by atoms with van der Waals surface area (Å²) in [6.07, 6.45) is 2.04. The average molecular weight is 242 g/mol. The molecule has 4 nitrogen and oxygen atoms in total. The normalized spacial score (nSPS) is 11.0. The summed E-state index contributed by atoms with van der Waals surface area (Å²) < 4.78 is 12.6. The second-order valence-electron chi connectivity index (χ2n) is 4.30. The third-order valence-electron chi connectivity index (χ3n) is 2.98. The summed E-state index contributed by atoms with van der Waals surface area (Å²) in [7, 11) is 1.68. The van der Waals surface area contributed by atoms with Crippen molar-refractivity contribution < 1.29 is 9.26 Å². The molecule has 0 radical (unpaired) electrons. The summed E-state index contributed by atoms with van der Waals surface area (Å²) in [5.41, 5.74) is 2.06. The van der Waals surface area contributed by atoms with Gasteiger partial charge in [-0.3, -0.25) is 0 Å². The van der Waals surface area contributed by atoms with Gasteiger partial charge in [-0.2, -0.15) is 0 Å². The van der Waals surface area contributed by atoms with Gasteiger partial charge in [-0.25, -0.2) is 0 Å². The van der Waals surface area contributed by atoms with Gasteiger partial charge in [0, 0.05) is 23.2 Å². The molecule has 0 atom stereocenters. The van der Waals surface area contributed by atoms with E-state index in [1.165, 1.54) is 0 Å². The number of fused-ring (bicyclic) bond motifs is 1. The van der Waals surface area contributed by atoms with Crippen LogP contribution in [0.15, 0.2) is 41.1 Å². The Hall–Kier alpha value is -2.23. The van der Waals surface area contributed by atoms with E-state index in [-0.39, 0.29) is 0 Å². The van der Waals surface area contributed by atoms with Gasteiger partial charge in [0.15, 0.2) is 5.76 Å². The molecule has 0 aliphatic carbocycles. The lowest BCUT2D eigenvalue weighted by atomic mass is 10.2. The van der Waals surface area contributed by atoms with Crippen molar-refractivity contribution in [2.24, 2.45) is 0 Å². The fourth-order valence-corrected chi connectivity index (χ4v) is 2.10. The van der Waals surface area contributed by atoms with E-state index in [9.17, 15) is 0 Å². The van der Waals surface area contributed by atoms with Crippen LogP contribution in [0, 0.1) is 6.92 Å². The van der Waals surface area contributed by atoms with Crippen LogP contribution >= 0.6 is 0 Å². The first kappa shape index (κ1) is 10.9. The van der Waals surface area contributed by atoms with Crippen LogP contribution in [0.4, 0.5) is 0 Å². The maximum Gasteiger partial charge on any atom is 0.156 e. The Labute approximate surface area is 105 Å². The zero-order valence-corrected chi connectivity index (χ0v) is 10.4. The summed E-state index contributed by atoms with van der Waals surface area (Å²) in [5.74, 6) is 1.73. The highest BCUT2D eigenvalue weighted by molar-refractivity contribution is 5.81. The predicted octanol–water partition coefficient (Wildman–Crippen LogP) is 2.99. The molecule has 0 aliphatic heterocycles. The number of rotatable bonds is 3. The Bertz CT molecular complexity index is 682. The summed E-state index contributed by atoms with van der Waals surface area (Å²) in [5, 5.41) is 5.05. The third kappa shape index (κ3) is 1.86. The third-order valence-corrected chi connectivity index (χ3v) is 2.98. The first-order valence-electron chi connectivity index (χ1n) is 5.81. The van der Waals surface area contributed by atoms with Gasteiger partial charge in [0.25, 0.3) is 0 Å². The number of nitrogens with zero attached hydrogens (tertiary/aromatic N) is 2. The maximum atomic E-state index is 5.24. The van der Waals surface area contributed by atoms with Crippen molar-refractivity contribution in [2.75, 3.05) is 7.11 Å². The second-order valence-corrected chi connectivity index (χ2v) is 4.30. The molecular formula is C14H14N2O2. The van der Waals surface area contributed by atoms with Gasteiger partial charge in [0.1, 0.15) is 5.75 Å². The summed E-state index contributed by atoms with van der Waals surface area (Å²) in [6.45, 7) is 2.61. The van der Waals surface area contributed by atoms with Crippen molar-refractivity contribution in [3.63, 3.8) is 0 Å². The molecule has 3 aromatic rings. The standard InChI is InChI=1S/C14H14N2O2/c1-10-7-13(18-15-10)9-16-6-5-11-8-12(17-2)3-4-14(11)16/h3-8H,9H2,1-2H3. The monoisotopic (exact) mass is 242 g/mol. The van der Waals surface area contributed by atoms with Gasteiger partial charge < -0.3 is 13.8 Å². The highest BCUT2D eigenvalue weighted by Gasteiger charge is 2.06. The molecule has 0 amide bonds. The van der Waals surface area contributed by atoms with E-state index in [0.717, 1.165) is 28.1 Å². The molecule has 3 rings (SSSR count). The molecule has 0 aliphatic rings. The molecule has 2 heterocycles. The van der Waals surface area contributed by atoms with E-state index >= 15 is 0 Å². The van der Waals surface area contributed by atoms with Crippen LogP contribution in [0.2, 0.25) is 0 Å². The molecule has 0 fully saturated rings. The molecule has 0 bridgehead atoms. The van der Waals surface area contributed by atoms with Gasteiger partial charge in [-0.05, 0) is 31.2 Å². The van der Waals surface area contributed by atoms with E-state index in [4.69, 9.17) is 9.26 Å². The average Bonchev–Trinajstić information content (AvgIpc) is 2.96. The van der Waals surface area contributed by atoms with E-state index in [1.54, 1.807) is 7.11 Å². The van der Waals surface area contributed by atoms with E-state index in [1.807, 2.05) is 31.3 Å². The lowest BCUT2D eigenvalue weighted by Gasteiger charge is -2.03. The molecule has 0 N–H and O–H groups in total. The van der Waals surface area contributed by atoms with Crippen LogP contribution in [-0.4, -0.2) is 16.8 Å². The SMILES string of the molecule is COc1ccc2c(ccn2Cc2cc(C)no2)c1. The molecule has 1 aromatic carbocycles. The van der Waals surface area contributed by atoms with Crippen LogP contribution in [0.1, 0.15) is 11.5 Å². The van der Waals surface area contributed by atoms with Crippen LogP contribution < -0.4 is 4.74 Å². The molecule has 0 saturated carbocycles. The molecule has 18 heavy (non-hydrogen) atoms. The van der Waals surface area contributed by atoms with Gasteiger partial charge in [0.2, 0.25) is 0 Å². The quantitative estimate of drug-likeness (QED) is 0.708. The maximum absolute atomic E-state index is 5.24. The van der Waals surface area contributed by atoms with Crippen molar-refractivity contribution in [1.29, 1.82) is 0 Å². The van der Waals surface area contributed by atoms with Crippen LogP contribution in [0.5, 0.6) is 5.75 Å². The van der Waals surface area contributed by atoms with Gasteiger partial charge in [0.05, 0.1) is 19.3 Å². The van der Waals surface area contributed by atoms with Crippen LogP contribution in [0.25, 0.3) is 10.9 Å². The fraction of sp³-hybridized carbons (Fsp3) is 0.214. The molecule has 4 heteroatoms. The highest BCUT2D eigenvalue weighted by Crippen LogP contribution is 2.22. The molecule has 2 aromatic heterocycles. The molecule has 0 spiro atoms. The van der Waals surface area contributed by atoms with Crippen molar-refractivity contribution in [3.8, 4) is 5.75 Å². The highest BCUT2D eigenvalue weighted by atomic mass is 16.5. The van der Waals surface area contributed by atoms with Crippen LogP contribution in [0.3, 0.4) is 0 Å². The van der Waals surface area contributed by atoms with Gasteiger partial charge >= 0.3 is 0 Å².